The third kappa shape index (κ3) is 4.94. The van der Waals surface area contributed by atoms with Crippen LogP contribution in [0.4, 0.5) is 0 Å². The van der Waals surface area contributed by atoms with E-state index in [0.29, 0.717) is 13.0 Å². The van der Waals surface area contributed by atoms with Gasteiger partial charge in [-0.3, -0.25) is 4.79 Å². The molecule has 112 valence electrons. The van der Waals surface area contributed by atoms with Crippen LogP contribution in [0.5, 0.6) is 0 Å². The molecule has 4 heteroatoms. The van der Waals surface area contributed by atoms with Crippen molar-refractivity contribution in [2.75, 3.05) is 6.54 Å². The van der Waals surface area contributed by atoms with E-state index in [9.17, 15) is 9.90 Å². The van der Waals surface area contributed by atoms with Gasteiger partial charge in [-0.1, -0.05) is 30.7 Å². The Bertz CT molecular complexity index is 445. The molecular formula is C16H25NO3. The van der Waals surface area contributed by atoms with E-state index in [4.69, 9.17) is 5.11 Å². The lowest BCUT2D eigenvalue weighted by Gasteiger charge is -2.24. The standard InChI is InChI=1S/C16H25NO3/c1-4-14(17-9-5-6-15(18)19)16(20)13-8-7-11(2)10-12(13)3/h7-8,10,14,16-17,20H,4-6,9H2,1-3H3,(H,18,19). The van der Waals surface area contributed by atoms with Gasteiger partial charge in [-0.2, -0.15) is 0 Å². The molecule has 0 heterocycles. The molecule has 0 bridgehead atoms. The third-order valence-electron chi connectivity index (χ3n) is 3.54. The Balaban J connectivity index is 2.61. The van der Waals surface area contributed by atoms with Gasteiger partial charge in [-0.15, -0.1) is 0 Å². The SMILES string of the molecule is CCC(NCCCC(=O)O)C(O)c1ccc(C)cc1C. The second-order valence-corrected chi connectivity index (χ2v) is 5.27. The maximum atomic E-state index is 10.5. The molecule has 0 amide bonds. The molecule has 20 heavy (non-hydrogen) atoms. The lowest BCUT2D eigenvalue weighted by atomic mass is 9.95. The average molecular weight is 279 g/mol. The van der Waals surface area contributed by atoms with Crippen LogP contribution in [0.15, 0.2) is 18.2 Å². The molecule has 0 aromatic heterocycles. The number of aliphatic hydroxyl groups excluding tert-OH is 1. The zero-order chi connectivity index (χ0) is 15.1. The normalized spacial score (nSPS) is 14.0. The average Bonchev–Trinajstić information content (AvgIpc) is 2.38. The highest BCUT2D eigenvalue weighted by Crippen LogP contribution is 2.23. The first-order valence-corrected chi connectivity index (χ1v) is 7.16. The molecule has 2 atom stereocenters. The second-order valence-electron chi connectivity index (χ2n) is 5.27. The second kappa shape index (κ2) is 8.02. The molecule has 1 aromatic rings. The fourth-order valence-corrected chi connectivity index (χ4v) is 2.38. The molecule has 0 aliphatic heterocycles. The van der Waals surface area contributed by atoms with Gasteiger partial charge in [0.1, 0.15) is 0 Å². The molecule has 3 N–H and O–H groups in total. The van der Waals surface area contributed by atoms with Crippen LogP contribution in [0.3, 0.4) is 0 Å². The van der Waals surface area contributed by atoms with E-state index >= 15 is 0 Å². The molecule has 1 rings (SSSR count). The summed E-state index contributed by atoms with van der Waals surface area (Å²) in [5.74, 6) is -0.783. The number of aryl methyl sites for hydroxylation is 2. The number of aliphatic carboxylic acids is 1. The summed E-state index contributed by atoms with van der Waals surface area (Å²) in [6.07, 6.45) is 0.959. The fraction of sp³-hybridized carbons (Fsp3) is 0.562. The Morgan fingerprint density at radius 1 is 1.35 bits per heavy atom. The molecule has 0 spiro atoms. The maximum absolute atomic E-state index is 10.5. The number of carbonyl (C=O) groups is 1. The molecule has 2 unspecified atom stereocenters. The number of carboxylic acid groups (broad SMARTS) is 1. The number of carboxylic acids is 1. The largest absolute Gasteiger partial charge is 0.481 e. The van der Waals surface area contributed by atoms with Gasteiger partial charge in [-0.25, -0.2) is 0 Å². The highest BCUT2D eigenvalue weighted by Gasteiger charge is 2.20. The Morgan fingerprint density at radius 2 is 2.05 bits per heavy atom. The monoisotopic (exact) mass is 279 g/mol. The van der Waals surface area contributed by atoms with Crippen molar-refractivity contribution in [3.05, 3.63) is 34.9 Å². The molecule has 0 saturated heterocycles. The summed E-state index contributed by atoms with van der Waals surface area (Å²) in [6, 6.07) is 5.99. The van der Waals surface area contributed by atoms with Crippen LogP contribution >= 0.6 is 0 Å². The Hall–Kier alpha value is -1.39. The highest BCUT2D eigenvalue weighted by molar-refractivity contribution is 5.66. The first-order chi connectivity index (χ1) is 9.45. The van der Waals surface area contributed by atoms with Crippen LogP contribution < -0.4 is 5.32 Å². The molecule has 0 fully saturated rings. The van der Waals surface area contributed by atoms with Crippen LogP contribution in [0.25, 0.3) is 0 Å². The molecular weight excluding hydrogens is 254 g/mol. The van der Waals surface area contributed by atoms with Crippen molar-refractivity contribution in [3.63, 3.8) is 0 Å². The van der Waals surface area contributed by atoms with E-state index in [-0.39, 0.29) is 12.5 Å². The van der Waals surface area contributed by atoms with Crippen LogP contribution in [0.2, 0.25) is 0 Å². The van der Waals surface area contributed by atoms with Crippen molar-refractivity contribution in [1.82, 2.24) is 5.32 Å². The lowest BCUT2D eigenvalue weighted by Crippen LogP contribution is -2.35. The van der Waals surface area contributed by atoms with Crippen molar-refractivity contribution < 1.29 is 15.0 Å². The topological polar surface area (TPSA) is 69.6 Å². The van der Waals surface area contributed by atoms with E-state index in [1.54, 1.807) is 0 Å². The van der Waals surface area contributed by atoms with Crippen LogP contribution in [-0.4, -0.2) is 28.8 Å². The van der Waals surface area contributed by atoms with E-state index in [0.717, 1.165) is 17.5 Å². The zero-order valence-electron chi connectivity index (χ0n) is 12.5. The molecule has 0 aliphatic carbocycles. The van der Waals surface area contributed by atoms with Crippen molar-refractivity contribution in [1.29, 1.82) is 0 Å². The summed E-state index contributed by atoms with van der Waals surface area (Å²) in [5, 5.41) is 22.3. The van der Waals surface area contributed by atoms with Gasteiger partial charge in [0.25, 0.3) is 0 Å². The summed E-state index contributed by atoms with van der Waals surface area (Å²) in [6.45, 7) is 6.65. The van der Waals surface area contributed by atoms with Crippen LogP contribution in [0.1, 0.15) is 49.0 Å². The zero-order valence-corrected chi connectivity index (χ0v) is 12.5. The predicted molar refractivity (Wildman–Crippen MR) is 79.8 cm³/mol. The van der Waals surface area contributed by atoms with Gasteiger partial charge >= 0.3 is 5.97 Å². The summed E-state index contributed by atoms with van der Waals surface area (Å²) in [5.41, 5.74) is 3.21. The minimum absolute atomic E-state index is 0.0507. The van der Waals surface area contributed by atoms with E-state index in [1.807, 2.05) is 32.9 Å². The van der Waals surface area contributed by atoms with E-state index in [1.165, 1.54) is 5.56 Å². The van der Waals surface area contributed by atoms with E-state index in [2.05, 4.69) is 11.4 Å². The first kappa shape index (κ1) is 16.7. The van der Waals surface area contributed by atoms with Gasteiger partial charge in [0, 0.05) is 12.5 Å². The summed E-state index contributed by atoms with van der Waals surface area (Å²) in [7, 11) is 0. The van der Waals surface area contributed by atoms with Gasteiger partial charge in [0.15, 0.2) is 0 Å². The molecule has 0 aliphatic rings. The molecule has 0 saturated carbocycles. The minimum Gasteiger partial charge on any atom is -0.481 e. The summed E-state index contributed by atoms with van der Waals surface area (Å²) >= 11 is 0. The lowest BCUT2D eigenvalue weighted by molar-refractivity contribution is -0.137. The van der Waals surface area contributed by atoms with Gasteiger partial charge in [-0.05, 0) is 44.4 Å². The smallest absolute Gasteiger partial charge is 0.303 e. The summed E-state index contributed by atoms with van der Waals surface area (Å²) < 4.78 is 0. The number of rotatable bonds is 8. The van der Waals surface area contributed by atoms with Crippen LogP contribution in [-0.2, 0) is 4.79 Å². The number of aliphatic hydroxyl groups is 1. The highest BCUT2D eigenvalue weighted by atomic mass is 16.4. The van der Waals surface area contributed by atoms with Crippen molar-refractivity contribution in [3.8, 4) is 0 Å². The van der Waals surface area contributed by atoms with Crippen molar-refractivity contribution in [2.24, 2.45) is 0 Å². The predicted octanol–water partition coefficient (Wildman–Crippen LogP) is 2.57. The van der Waals surface area contributed by atoms with Crippen molar-refractivity contribution >= 4 is 5.97 Å². The van der Waals surface area contributed by atoms with Gasteiger partial charge in [0.2, 0.25) is 0 Å². The van der Waals surface area contributed by atoms with Crippen molar-refractivity contribution in [2.45, 2.75) is 52.2 Å². The van der Waals surface area contributed by atoms with Gasteiger partial charge in [0.05, 0.1) is 6.10 Å². The van der Waals surface area contributed by atoms with E-state index < -0.39 is 12.1 Å². The Morgan fingerprint density at radius 3 is 2.60 bits per heavy atom. The number of hydrogen-bond donors (Lipinski definition) is 3. The Kier molecular flexibility index (Phi) is 6.68. The third-order valence-corrected chi connectivity index (χ3v) is 3.54. The number of nitrogens with one attached hydrogen (secondary N) is 1. The molecule has 1 aromatic carbocycles. The molecule has 0 radical (unpaired) electrons. The summed E-state index contributed by atoms with van der Waals surface area (Å²) in [4.78, 5) is 10.5. The quantitative estimate of drug-likeness (QED) is 0.640. The molecule has 4 nitrogen and oxygen atoms in total. The van der Waals surface area contributed by atoms with Gasteiger partial charge < -0.3 is 15.5 Å². The maximum Gasteiger partial charge on any atom is 0.303 e. The van der Waals surface area contributed by atoms with Crippen LogP contribution in [0, 0.1) is 13.8 Å². The number of hydrogen-bond acceptors (Lipinski definition) is 3. The first-order valence-electron chi connectivity index (χ1n) is 7.16. The minimum atomic E-state index is -0.783. The number of benzene rings is 1. The Labute approximate surface area is 120 Å². The fourth-order valence-electron chi connectivity index (χ4n) is 2.38.